The first-order chi connectivity index (χ1) is 4.31. The lowest BCUT2D eigenvalue weighted by Gasteiger charge is -1.96. The Bertz CT molecular complexity index is 104. The molecule has 0 aromatic rings. The number of halogens is 2. The minimum atomic E-state index is -0.190. The number of rotatable bonds is 4. The van der Waals surface area contributed by atoms with Gasteiger partial charge in [-0.1, -0.05) is 23.9 Å². The molecular formula is C3H7BrIOPS. The van der Waals surface area contributed by atoms with E-state index in [1.165, 1.54) is 0 Å². The topological polar surface area (TPSA) is 9.23 Å². The van der Waals surface area contributed by atoms with Gasteiger partial charge in [-0.2, -0.15) is 0 Å². The summed E-state index contributed by atoms with van der Waals surface area (Å²) in [5.74, 6) is 0. The van der Waals surface area contributed by atoms with Crippen molar-refractivity contribution in [3.05, 3.63) is 0 Å². The summed E-state index contributed by atoms with van der Waals surface area (Å²) in [4.78, 5) is 0. The van der Waals surface area contributed by atoms with Crippen LogP contribution in [0.5, 0.6) is 0 Å². The fourth-order valence-corrected chi connectivity index (χ4v) is 1.43. The first kappa shape index (κ1) is 7.92. The van der Waals surface area contributed by atoms with Crippen molar-refractivity contribution in [1.82, 2.24) is 0 Å². The highest BCUT2D eigenvalue weighted by Gasteiger charge is 1.84. The highest BCUT2D eigenvalue weighted by Crippen LogP contribution is 2.03. The number of hydrogen-bond donors (Lipinski definition) is 0. The van der Waals surface area contributed by atoms with Crippen LogP contribution in [0.3, 0.4) is 0 Å². The maximum atomic E-state index is 6.88. The van der Waals surface area contributed by atoms with E-state index in [1.54, 1.807) is 0 Å². The van der Waals surface area contributed by atoms with Gasteiger partial charge in [0.1, 0.15) is 1.28 Å². The Kier molecular flexibility index (Phi) is 6.87. The predicted molar refractivity (Wildman–Crippen MR) is 54.1 cm³/mol. The van der Waals surface area contributed by atoms with Crippen LogP contribution in [0.25, 0.3) is 0 Å². The summed E-state index contributed by atoms with van der Waals surface area (Å²) in [6, 6.07) is 0. The Hall–Kier alpha value is 1.82. The Morgan fingerprint density at radius 3 is 3.25 bits per heavy atom. The summed E-state index contributed by atoms with van der Waals surface area (Å²) in [6.07, 6.45) is 1.03. The van der Waals surface area contributed by atoms with E-state index in [0.717, 1.165) is 18.4 Å². The standard InChI is InChI=1S/C3H7BrIOPS/c4-2-1-3-6-8(5)7/h7H,1-3H2/i7T. The second kappa shape index (κ2) is 6.93. The minimum Gasteiger partial charge on any atom is -0.309 e. The lowest BCUT2D eigenvalue weighted by molar-refractivity contribution is 0.378. The third-order valence-electron chi connectivity index (χ3n) is 0.459. The molecule has 0 aromatic heterocycles. The number of alkyl halides is 1. The molecule has 1 nitrogen and oxygen atoms in total. The zero-order chi connectivity index (χ0) is 7.11. The maximum absolute atomic E-state index is 6.88. The zero-order valence-corrected chi connectivity index (χ0v) is 9.60. The molecule has 0 N–H and O–H groups in total. The monoisotopic (exact) mass is 330 g/mol. The van der Waals surface area contributed by atoms with E-state index >= 15 is 0 Å². The van der Waals surface area contributed by atoms with Gasteiger partial charge in [-0.3, -0.25) is 0 Å². The molecule has 0 rings (SSSR count). The molecule has 0 heterocycles. The summed E-state index contributed by atoms with van der Waals surface area (Å²) >= 11 is 5.43. The first-order valence-corrected chi connectivity index (χ1v) is 7.93. The van der Waals surface area contributed by atoms with Gasteiger partial charge < -0.3 is 4.18 Å². The minimum absolute atomic E-state index is 0.190. The van der Waals surface area contributed by atoms with Crippen LogP contribution in [0.2, 0.25) is 0 Å². The summed E-state index contributed by atoms with van der Waals surface area (Å²) in [7, 11) is 0.396. The predicted octanol–water partition coefficient (Wildman–Crippen LogP) is 2.73. The summed E-state index contributed by atoms with van der Waals surface area (Å²) < 4.78 is 12.1. The van der Waals surface area contributed by atoms with Crippen LogP contribution in [0, 0.1) is 0 Å². The van der Waals surface area contributed by atoms with Crippen molar-refractivity contribution in [2.75, 3.05) is 11.9 Å². The van der Waals surface area contributed by atoms with Crippen LogP contribution >= 0.6 is 45.1 Å². The van der Waals surface area contributed by atoms with Gasteiger partial charge in [0.2, 0.25) is 0 Å². The molecule has 0 aliphatic heterocycles. The van der Waals surface area contributed by atoms with Crippen molar-refractivity contribution in [2.24, 2.45) is 0 Å². The lowest BCUT2D eigenvalue weighted by atomic mass is 10.5. The third kappa shape index (κ3) is 7.82. The molecule has 0 radical (unpaired) electrons. The van der Waals surface area contributed by atoms with Gasteiger partial charge >= 0.3 is 0 Å². The van der Waals surface area contributed by atoms with Crippen LogP contribution in [0.1, 0.15) is 6.42 Å². The molecule has 1 atom stereocenters. The largest absolute Gasteiger partial charge is 0.309 e. The van der Waals surface area contributed by atoms with Gasteiger partial charge in [-0.15, -0.1) is 0 Å². The molecule has 0 aliphatic carbocycles. The smallest absolute Gasteiger partial charge is 0.102 e. The highest BCUT2D eigenvalue weighted by atomic mass is 127. The number of hydrogen-bond acceptors (Lipinski definition) is 1. The molecule has 0 saturated heterocycles. The Labute approximate surface area is 76.0 Å². The molecule has 0 spiro atoms. The van der Waals surface area contributed by atoms with Gasteiger partial charge in [0.05, 0.1) is 6.61 Å². The molecule has 0 amide bonds. The average molecular weight is 331 g/mol. The van der Waals surface area contributed by atoms with E-state index in [2.05, 4.69) is 37.1 Å². The van der Waals surface area contributed by atoms with Gasteiger partial charge in [-0.05, 0) is 6.42 Å². The van der Waals surface area contributed by atoms with Gasteiger partial charge in [0, 0.05) is 34.1 Å². The summed E-state index contributed by atoms with van der Waals surface area (Å²) in [5, 5.41) is 0.982. The molecule has 50 valence electrons. The van der Waals surface area contributed by atoms with E-state index < -0.39 is 0 Å². The molecule has 0 fully saturated rings. The van der Waals surface area contributed by atoms with Gasteiger partial charge in [0.25, 0.3) is 0 Å². The Morgan fingerprint density at radius 2 is 2.75 bits per heavy atom. The maximum Gasteiger partial charge on any atom is 0.102 e. The van der Waals surface area contributed by atoms with E-state index in [-0.39, 0.29) is 7.53 Å². The average Bonchev–Trinajstić information content (AvgIpc) is 1.89. The molecule has 0 aromatic carbocycles. The fraction of sp³-hybridized carbons (Fsp3) is 1.00. The van der Waals surface area contributed by atoms with E-state index in [9.17, 15) is 0 Å². The SMILES string of the molecule is [3H]P=S(I)OCCCBr. The quantitative estimate of drug-likeness (QED) is 0.333. The molecular weight excluding hydrogens is 322 g/mol. The van der Waals surface area contributed by atoms with Crippen molar-refractivity contribution in [3.8, 4) is 0 Å². The van der Waals surface area contributed by atoms with E-state index in [4.69, 9.17) is 5.46 Å². The van der Waals surface area contributed by atoms with Crippen LogP contribution in [-0.4, -0.2) is 13.2 Å². The summed E-state index contributed by atoms with van der Waals surface area (Å²) in [6.45, 7) is 0.767. The molecule has 8 heavy (non-hydrogen) atoms. The zero-order valence-electron chi connectivity index (χ0n) is 5.14. The van der Waals surface area contributed by atoms with Crippen LogP contribution < -0.4 is 0 Å². The van der Waals surface area contributed by atoms with Crippen LogP contribution in [0.15, 0.2) is 0 Å². The molecule has 0 saturated carbocycles. The van der Waals surface area contributed by atoms with Crippen molar-refractivity contribution >= 4 is 52.6 Å². The van der Waals surface area contributed by atoms with Crippen LogP contribution in [-0.2, 0) is 11.7 Å². The van der Waals surface area contributed by atoms with Gasteiger partial charge in [-0.25, -0.2) is 0 Å². The molecule has 0 bridgehead atoms. The second-order valence-corrected chi connectivity index (χ2v) is 8.00. The molecule has 0 aliphatic rings. The Morgan fingerprint density at radius 1 is 2.00 bits per heavy atom. The Balaban J connectivity index is 3.07. The van der Waals surface area contributed by atoms with E-state index in [1.807, 2.05) is 0 Å². The highest BCUT2D eigenvalue weighted by molar-refractivity contribution is 14.2. The van der Waals surface area contributed by atoms with Crippen molar-refractivity contribution < 1.29 is 4.18 Å². The van der Waals surface area contributed by atoms with Crippen molar-refractivity contribution in [2.45, 2.75) is 6.42 Å². The first-order valence-electron chi connectivity index (χ1n) is 2.51. The second-order valence-electron chi connectivity index (χ2n) is 1.07. The lowest BCUT2D eigenvalue weighted by Crippen LogP contribution is -1.90. The fourth-order valence-electron chi connectivity index (χ4n) is 0.182. The van der Waals surface area contributed by atoms with Crippen molar-refractivity contribution in [3.63, 3.8) is 0 Å². The molecule has 5 heteroatoms. The summed E-state index contributed by atoms with van der Waals surface area (Å²) in [5.41, 5.74) is 0. The third-order valence-corrected chi connectivity index (χ3v) is 2.46. The van der Waals surface area contributed by atoms with Crippen molar-refractivity contribution in [1.29, 1.82) is 1.28 Å². The van der Waals surface area contributed by atoms with Gasteiger partial charge in [0.15, 0.2) is 0 Å². The van der Waals surface area contributed by atoms with E-state index in [0.29, 0.717) is 7.96 Å². The van der Waals surface area contributed by atoms with Crippen LogP contribution in [0.4, 0.5) is 0 Å². The molecule has 1 unspecified atom stereocenters. The normalized spacial score (nSPS) is 16.0.